The Bertz CT molecular complexity index is 487. The molecule has 0 saturated heterocycles. The van der Waals surface area contributed by atoms with Crippen molar-refractivity contribution in [2.45, 2.75) is 38.3 Å². The van der Waals surface area contributed by atoms with Crippen molar-refractivity contribution in [1.29, 1.82) is 0 Å². The molecule has 130 valence electrons. The predicted molar refractivity (Wildman–Crippen MR) is 92.7 cm³/mol. The summed E-state index contributed by atoms with van der Waals surface area (Å²) in [5.41, 5.74) is 1.08. The van der Waals surface area contributed by atoms with E-state index < -0.39 is 0 Å². The van der Waals surface area contributed by atoms with Crippen LogP contribution in [-0.4, -0.2) is 52.4 Å². The largest absolute Gasteiger partial charge is 0.496 e. The van der Waals surface area contributed by atoms with Crippen LogP contribution in [0.5, 0.6) is 17.2 Å². The summed E-state index contributed by atoms with van der Waals surface area (Å²) < 4.78 is 16.1. The Hall–Kier alpha value is -1.46. The summed E-state index contributed by atoms with van der Waals surface area (Å²) in [7, 11) is 7.19. The summed E-state index contributed by atoms with van der Waals surface area (Å²) >= 11 is 0. The van der Waals surface area contributed by atoms with E-state index in [9.17, 15) is 0 Å². The Morgan fingerprint density at radius 1 is 1.00 bits per heavy atom. The van der Waals surface area contributed by atoms with Crippen molar-refractivity contribution in [3.05, 3.63) is 17.7 Å². The SMILES string of the molecule is COc1cc(OC)c(OC)cc1CNCCN(C)C1CCCC1. The van der Waals surface area contributed by atoms with Crippen LogP contribution in [0.3, 0.4) is 0 Å². The number of nitrogens with zero attached hydrogens (tertiary/aromatic N) is 1. The summed E-state index contributed by atoms with van der Waals surface area (Å²) in [5.74, 6) is 2.24. The molecule has 0 bridgehead atoms. The zero-order valence-electron chi connectivity index (χ0n) is 14.9. The van der Waals surface area contributed by atoms with Crippen molar-refractivity contribution in [1.82, 2.24) is 10.2 Å². The molecule has 0 aromatic heterocycles. The van der Waals surface area contributed by atoms with Gasteiger partial charge in [-0.3, -0.25) is 0 Å². The highest BCUT2D eigenvalue weighted by Crippen LogP contribution is 2.34. The smallest absolute Gasteiger partial charge is 0.164 e. The van der Waals surface area contributed by atoms with Crippen LogP contribution in [0, 0.1) is 0 Å². The topological polar surface area (TPSA) is 43.0 Å². The molecule has 1 N–H and O–H groups in total. The van der Waals surface area contributed by atoms with Gasteiger partial charge in [0.05, 0.1) is 21.3 Å². The average molecular weight is 322 g/mol. The molecule has 1 aromatic rings. The lowest BCUT2D eigenvalue weighted by Gasteiger charge is -2.24. The quantitative estimate of drug-likeness (QED) is 0.708. The molecule has 0 spiro atoms. The van der Waals surface area contributed by atoms with Gasteiger partial charge in [0.25, 0.3) is 0 Å². The Morgan fingerprint density at radius 2 is 1.61 bits per heavy atom. The lowest BCUT2D eigenvalue weighted by molar-refractivity contribution is 0.245. The third-order valence-corrected chi connectivity index (χ3v) is 4.69. The number of ether oxygens (including phenoxy) is 3. The van der Waals surface area contributed by atoms with Gasteiger partial charge >= 0.3 is 0 Å². The number of methoxy groups -OCH3 is 3. The van der Waals surface area contributed by atoms with Crippen LogP contribution in [0.15, 0.2) is 12.1 Å². The fourth-order valence-electron chi connectivity index (χ4n) is 3.24. The molecule has 1 saturated carbocycles. The van der Waals surface area contributed by atoms with Gasteiger partial charge in [0.15, 0.2) is 11.5 Å². The maximum Gasteiger partial charge on any atom is 0.164 e. The fourth-order valence-corrected chi connectivity index (χ4v) is 3.24. The highest BCUT2D eigenvalue weighted by atomic mass is 16.5. The van der Waals surface area contributed by atoms with E-state index in [1.165, 1.54) is 25.7 Å². The minimum atomic E-state index is 0.689. The lowest BCUT2D eigenvalue weighted by atomic mass is 10.1. The molecule has 0 radical (unpaired) electrons. The summed E-state index contributed by atoms with van der Waals surface area (Å²) in [6, 6.07) is 4.62. The van der Waals surface area contributed by atoms with E-state index in [4.69, 9.17) is 14.2 Å². The lowest BCUT2D eigenvalue weighted by Crippen LogP contribution is -2.35. The monoisotopic (exact) mass is 322 g/mol. The minimum Gasteiger partial charge on any atom is -0.496 e. The normalized spacial score (nSPS) is 15.2. The average Bonchev–Trinajstić information content (AvgIpc) is 3.12. The number of hydrogen-bond donors (Lipinski definition) is 1. The molecule has 0 atom stereocenters. The van der Waals surface area contributed by atoms with Gasteiger partial charge in [-0.2, -0.15) is 0 Å². The predicted octanol–water partition coefficient (Wildman–Crippen LogP) is 2.68. The van der Waals surface area contributed by atoms with Gasteiger partial charge in [-0.25, -0.2) is 0 Å². The maximum absolute atomic E-state index is 5.46. The third kappa shape index (κ3) is 4.75. The summed E-state index contributed by atoms with van der Waals surface area (Å²) in [6.45, 7) is 2.78. The molecule has 1 aliphatic rings. The van der Waals surface area contributed by atoms with Crippen LogP contribution in [-0.2, 0) is 6.54 Å². The zero-order chi connectivity index (χ0) is 16.7. The number of hydrogen-bond acceptors (Lipinski definition) is 5. The van der Waals surface area contributed by atoms with Gasteiger partial charge in [0.1, 0.15) is 5.75 Å². The Kier molecular flexibility index (Phi) is 6.99. The molecule has 0 unspecified atom stereocenters. The molecule has 1 aromatic carbocycles. The van der Waals surface area contributed by atoms with Crippen LogP contribution in [0.4, 0.5) is 0 Å². The standard InChI is InChI=1S/C18H30N2O3/c1-20(15-7-5-6-8-15)10-9-19-13-14-11-17(22-3)18(23-4)12-16(14)21-2/h11-12,15,19H,5-10,13H2,1-4H3. The van der Waals surface area contributed by atoms with Crippen LogP contribution in [0.25, 0.3) is 0 Å². The second-order valence-electron chi connectivity index (χ2n) is 6.11. The molecule has 0 amide bonds. The van der Waals surface area contributed by atoms with Crippen molar-refractivity contribution in [3.8, 4) is 17.2 Å². The Labute approximate surface area is 139 Å². The number of rotatable bonds is 9. The van der Waals surface area contributed by atoms with Crippen LogP contribution < -0.4 is 19.5 Å². The molecule has 2 rings (SSSR count). The van der Waals surface area contributed by atoms with E-state index in [2.05, 4.69) is 17.3 Å². The number of nitrogens with one attached hydrogen (secondary N) is 1. The second-order valence-corrected chi connectivity index (χ2v) is 6.11. The molecule has 1 fully saturated rings. The van der Waals surface area contributed by atoms with Crippen LogP contribution in [0.2, 0.25) is 0 Å². The minimum absolute atomic E-state index is 0.689. The Balaban J connectivity index is 1.86. The maximum atomic E-state index is 5.46. The number of benzene rings is 1. The van der Waals surface area contributed by atoms with Crippen LogP contribution >= 0.6 is 0 Å². The van der Waals surface area contributed by atoms with Crippen LogP contribution in [0.1, 0.15) is 31.2 Å². The van der Waals surface area contributed by atoms with Crippen molar-refractivity contribution in [2.75, 3.05) is 41.5 Å². The third-order valence-electron chi connectivity index (χ3n) is 4.69. The van der Waals surface area contributed by atoms with Gasteiger partial charge < -0.3 is 24.4 Å². The van der Waals surface area contributed by atoms with Gasteiger partial charge in [-0.15, -0.1) is 0 Å². The van der Waals surface area contributed by atoms with E-state index in [0.29, 0.717) is 5.75 Å². The van der Waals surface area contributed by atoms with E-state index >= 15 is 0 Å². The summed E-state index contributed by atoms with van der Waals surface area (Å²) in [4.78, 5) is 2.48. The summed E-state index contributed by atoms with van der Waals surface area (Å²) in [5, 5.41) is 3.50. The first-order valence-corrected chi connectivity index (χ1v) is 8.39. The van der Waals surface area contributed by atoms with E-state index in [0.717, 1.165) is 42.7 Å². The van der Waals surface area contributed by atoms with Crippen molar-refractivity contribution in [2.24, 2.45) is 0 Å². The first-order chi connectivity index (χ1) is 11.2. The van der Waals surface area contributed by atoms with Crippen molar-refractivity contribution < 1.29 is 14.2 Å². The van der Waals surface area contributed by atoms with Gasteiger partial charge in [0, 0.05) is 37.3 Å². The fraction of sp³-hybridized carbons (Fsp3) is 0.667. The highest BCUT2D eigenvalue weighted by molar-refractivity contribution is 5.50. The zero-order valence-corrected chi connectivity index (χ0v) is 14.9. The molecule has 0 aliphatic heterocycles. The van der Waals surface area contributed by atoms with E-state index in [-0.39, 0.29) is 0 Å². The molecule has 0 heterocycles. The first kappa shape index (κ1) is 17.9. The van der Waals surface area contributed by atoms with Crippen molar-refractivity contribution >= 4 is 0 Å². The molecule has 5 nitrogen and oxygen atoms in total. The first-order valence-electron chi connectivity index (χ1n) is 8.39. The van der Waals surface area contributed by atoms with Gasteiger partial charge in [-0.1, -0.05) is 12.8 Å². The highest BCUT2D eigenvalue weighted by Gasteiger charge is 2.18. The summed E-state index contributed by atoms with van der Waals surface area (Å²) in [6.07, 6.45) is 5.45. The molecule has 1 aliphatic carbocycles. The Morgan fingerprint density at radius 3 is 2.22 bits per heavy atom. The second kappa shape index (κ2) is 8.99. The van der Waals surface area contributed by atoms with Gasteiger partial charge in [-0.05, 0) is 26.0 Å². The van der Waals surface area contributed by atoms with Gasteiger partial charge in [0.2, 0.25) is 0 Å². The van der Waals surface area contributed by atoms with E-state index in [1.807, 2.05) is 12.1 Å². The molecular weight excluding hydrogens is 292 g/mol. The molecular formula is C18H30N2O3. The number of likely N-dealkylation sites (N-methyl/N-ethyl adjacent to an activating group) is 1. The van der Waals surface area contributed by atoms with E-state index in [1.54, 1.807) is 21.3 Å². The molecule has 5 heteroatoms. The molecule has 23 heavy (non-hydrogen) atoms. The van der Waals surface area contributed by atoms with Crippen molar-refractivity contribution in [3.63, 3.8) is 0 Å².